The van der Waals surface area contributed by atoms with Gasteiger partial charge in [-0.3, -0.25) is 23.4 Å². The molecule has 11 nitrogen and oxygen atoms in total. The minimum absolute atomic E-state index is 0.114. The van der Waals surface area contributed by atoms with E-state index in [1.54, 1.807) is 0 Å². The average Bonchev–Trinajstić information content (AvgIpc) is 3.41. The lowest BCUT2D eigenvalue weighted by atomic mass is 10.0. The van der Waals surface area contributed by atoms with Gasteiger partial charge in [0.1, 0.15) is 12.7 Å². The second-order valence-electron chi connectivity index (χ2n) is 20.5. The maximum absolute atomic E-state index is 12.9. The fraction of sp³-hybridized carbons (Fsp3) is 0.766. The summed E-state index contributed by atoms with van der Waals surface area (Å²) in [6.45, 7) is 4.49. The summed E-state index contributed by atoms with van der Waals surface area (Å²) >= 11 is 0. The Labute approximate surface area is 465 Å². The second-order valence-corrected chi connectivity index (χ2v) is 21.9. The highest BCUT2D eigenvalue weighted by Gasteiger charge is 2.28. The Morgan fingerprint density at radius 3 is 1.11 bits per heavy atom. The van der Waals surface area contributed by atoms with Gasteiger partial charge < -0.3 is 24.2 Å². The second kappa shape index (κ2) is 58.1. The number of ether oxygens (including phenoxy) is 3. The minimum atomic E-state index is -4.76. The summed E-state index contributed by atoms with van der Waals surface area (Å²) in [5.74, 6) is -1.51. The van der Waals surface area contributed by atoms with E-state index in [9.17, 15) is 28.9 Å². The van der Waals surface area contributed by atoms with E-state index in [2.05, 4.69) is 93.7 Å². The van der Waals surface area contributed by atoms with E-state index in [4.69, 9.17) is 23.3 Å². The minimum Gasteiger partial charge on any atom is -0.462 e. The Morgan fingerprint density at radius 2 is 0.684 bits per heavy atom. The molecule has 3 atom stereocenters. The highest BCUT2D eigenvalue weighted by Crippen LogP contribution is 2.43. The third kappa shape index (κ3) is 55.7. The van der Waals surface area contributed by atoms with Gasteiger partial charge in [0.05, 0.1) is 19.8 Å². The lowest BCUT2D eigenvalue weighted by molar-refractivity contribution is -0.161. The zero-order valence-electron chi connectivity index (χ0n) is 48.7. The molecule has 2 N–H and O–H groups in total. The van der Waals surface area contributed by atoms with Crippen LogP contribution in [0.2, 0.25) is 0 Å². The molecule has 0 bridgehead atoms. The SMILES string of the molecule is CC/C=C\C/C=C\C/C=C\C/C=C\CCCCC(=O)OC(COC(=O)CCCCCCCCCCC/C=C\C/C=C\CCCCC)COP(=O)(O)OCC(CO)OC(=O)CCCCCCCCCCCCCCCCC. The molecule has 0 aliphatic rings. The van der Waals surface area contributed by atoms with Crippen molar-refractivity contribution in [2.24, 2.45) is 0 Å². The van der Waals surface area contributed by atoms with Gasteiger partial charge in [-0.1, -0.05) is 241 Å². The summed E-state index contributed by atoms with van der Waals surface area (Å²) in [6.07, 6.45) is 65.7. The van der Waals surface area contributed by atoms with Gasteiger partial charge in [0, 0.05) is 19.3 Å². The summed E-state index contributed by atoms with van der Waals surface area (Å²) in [5.41, 5.74) is 0. The molecule has 440 valence electrons. The molecule has 0 aliphatic heterocycles. The highest BCUT2D eigenvalue weighted by atomic mass is 31.2. The van der Waals surface area contributed by atoms with Crippen molar-refractivity contribution in [1.82, 2.24) is 0 Å². The van der Waals surface area contributed by atoms with Crippen molar-refractivity contribution in [3.63, 3.8) is 0 Å². The number of carbonyl (C=O) groups is 3. The van der Waals surface area contributed by atoms with E-state index >= 15 is 0 Å². The smallest absolute Gasteiger partial charge is 0.462 e. The Morgan fingerprint density at radius 1 is 0.382 bits per heavy atom. The van der Waals surface area contributed by atoms with Crippen LogP contribution >= 0.6 is 7.82 Å². The van der Waals surface area contributed by atoms with Crippen molar-refractivity contribution in [2.45, 2.75) is 290 Å². The zero-order valence-corrected chi connectivity index (χ0v) is 49.6. The lowest BCUT2D eigenvalue weighted by Gasteiger charge is -2.21. The van der Waals surface area contributed by atoms with Crippen molar-refractivity contribution < 1.29 is 52.2 Å². The van der Waals surface area contributed by atoms with Crippen molar-refractivity contribution in [1.29, 1.82) is 0 Å². The van der Waals surface area contributed by atoms with Gasteiger partial charge in [-0.25, -0.2) is 4.57 Å². The molecule has 0 aliphatic carbocycles. The first-order valence-electron chi connectivity index (χ1n) is 30.8. The standard InChI is InChI=1S/C64H113O11P/c1-4-7-10-13-16-19-22-25-28-29-30-31-34-35-38-41-44-47-50-53-62(66)71-57-61(75-64(68)55-52-49-46-43-40-37-33-27-24-21-18-15-12-9-6-3)59-73-76(69,70)72-58-60(56-65)74-63(67)54-51-48-45-42-39-36-32-26-23-20-17-14-11-8-5-2/h9,12,16,18-19,21,25,27-28,33,40,43,60-61,65H,4-8,10-11,13-15,17,20,22-24,26,29-32,34-39,41-42,44-59H2,1-3H3,(H,69,70)/b12-9-,19-16-,21-18-,28-25-,33-27-,43-40-. The van der Waals surface area contributed by atoms with Crippen molar-refractivity contribution in [3.8, 4) is 0 Å². The third-order valence-corrected chi connectivity index (χ3v) is 14.1. The fourth-order valence-corrected chi connectivity index (χ4v) is 9.22. The number of hydrogen-bond acceptors (Lipinski definition) is 10. The molecule has 76 heavy (non-hydrogen) atoms. The molecular weight excluding hydrogens is 976 g/mol. The van der Waals surface area contributed by atoms with Crippen LogP contribution < -0.4 is 0 Å². The molecule has 3 unspecified atom stereocenters. The molecule has 0 radical (unpaired) electrons. The molecule has 0 rings (SSSR count). The lowest BCUT2D eigenvalue weighted by Crippen LogP contribution is -2.30. The number of phosphoric ester groups is 1. The number of unbranched alkanes of at least 4 members (excludes halogenated alkanes) is 28. The van der Waals surface area contributed by atoms with Gasteiger partial charge in [-0.05, 0) is 89.9 Å². The predicted molar refractivity (Wildman–Crippen MR) is 316 cm³/mol. The predicted octanol–water partition coefficient (Wildman–Crippen LogP) is 18.5. The molecule has 0 aromatic rings. The van der Waals surface area contributed by atoms with Crippen LogP contribution in [0.15, 0.2) is 72.9 Å². The van der Waals surface area contributed by atoms with Crippen LogP contribution in [0.3, 0.4) is 0 Å². The average molecular weight is 1090 g/mol. The first kappa shape index (κ1) is 72.9. The number of allylic oxidation sites excluding steroid dienone is 12. The molecule has 0 saturated heterocycles. The Balaban J connectivity index is 4.73. The number of rotatable bonds is 57. The molecule has 0 aromatic heterocycles. The Hall–Kier alpha value is -3.08. The van der Waals surface area contributed by atoms with Crippen molar-refractivity contribution >= 4 is 25.7 Å². The van der Waals surface area contributed by atoms with E-state index in [-0.39, 0.29) is 25.9 Å². The topological polar surface area (TPSA) is 155 Å². The molecule has 0 fully saturated rings. The first-order chi connectivity index (χ1) is 37.2. The van der Waals surface area contributed by atoms with Gasteiger partial charge in [0.15, 0.2) is 6.10 Å². The fourth-order valence-electron chi connectivity index (χ4n) is 8.44. The number of hydrogen-bond donors (Lipinski definition) is 2. The number of carbonyl (C=O) groups excluding carboxylic acids is 3. The highest BCUT2D eigenvalue weighted by molar-refractivity contribution is 7.47. The molecule has 12 heteroatoms. The summed E-state index contributed by atoms with van der Waals surface area (Å²) in [4.78, 5) is 48.6. The van der Waals surface area contributed by atoms with Gasteiger partial charge in [0.2, 0.25) is 0 Å². The molecular formula is C64H113O11P. The first-order valence-corrected chi connectivity index (χ1v) is 32.3. The largest absolute Gasteiger partial charge is 0.472 e. The normalized spacial score (nSPS) is 13.8. The maximum atomic E-state index is 12.9. The van der Waals surface area contributed by atoms with Gasteiger partial charge in [-0.15, -0.1) is 0 Å². The number of aliphatic hydroxyl groups is 1. The van der Waals surface area contributed by atoms with Gasteiger partial charge in [-0.2, -0.15) is 0 Å². The van der Waals surface area contributed by atoms with Crippen LogP contribution in [-0.4, -0.2) is 66.5 Å². The van der Waals surface area contributed by atoms with Crippen LogP contribution in [0.1, 0.15) is 278 Å². The summed E-state index contributed by atoms with van der Waals surface area (Å²) in [5, 5.41) is 9.83. The molecule has 0 saturated carbocycles. The van der Waals surface area contributed by atoms with Crippen LogP contribution in [0.25, 0.3) is 0 Å². The Kier molecular flexibility index (Phi) is 55.7. The van der Waals surface area contributed by atoms with E-state index < -0.39 is 57.8 Å². The van der Waals surface area contributed by atoms with Crippen LogP contribution in [0.4, 0.5) is 0 Å². The van der Waals surface area contributed by atoms with Gasteiger partial charge in [0.25, 0.3) is 0 Å². The summed E-state index contributed by atoms with van der Waals surface area (Å²) in [7, 11) is -4.76. The Bertz CT molecular complexity index is 1550. The van der Waals surface area contributed by atoms with Crippen LogP contribution in [0.5, 0.6) is 0 Å². The monoisotopic (exact) mass is 1090 g/mol. The van der Waals surface area contributed by atoms with Crippen molar-refractivity contribution in [2.75, 3.05) is 26.4 Å². The van der Waals surface area contributed by atoms with E-state index in [0.717, 1.165) is 89.9 Å². The molecule has 0 amide bonds. The van der Waals surface area contributed by atoms with Crippen LogP contribution in [-0.2, 0) is 42.2 Å². The number of phosphoric acid groups is 1. The quantitative estimate of drug-likeness (QED) is 0.0197. The number of aliphatic hydroxyl groups excluding tert-OH is 1. The van der Waals surface area contributed by atoms with E-state index in [1.807, 2.05) is 0 Å². The van der Waals surface area contributed by atoms with Crippen molar-refractivity contribution in [3.05, 3.63) is 72.9 Å². The van der Waals surface area contributed by atoms with Crippen LogP contribution in [0, 0.1) is 0 Å². The van der Waals surface area contributed by atoms with E-state index in [1.165, 1.54) is 128 Å². The summed E-state index contributed by atoms with van der Waals surface area (Å²) < 4.78 is 39.6. The van der Waals surface area contributed by atoms with E-state index in [0.29, 0.717) is 19.3 Å². The molecule has 0 heterocycles. The van der Waals surface area contributed by atoms with Gasteiger partial charge >= 0.3 is 25.7 Å². The molecule has 0 aromatic carbocycles. The maximum Gasteiger partial charge on any atom is 0.472 e. The summed E-state index contributed by atoms with van der Waals surface area (Å²) in [6, 6.07) is 0. The molecule has 0 spiro atoms. The number of esters is 3. The third-order valence-electron chi connectivity index (χ3n) is 13.1. The zero-order chi connectivity index (χ0) is 55.5.